The molecule has 5 heteroatoms. The van der Waals surface area contributed by atoms with Gasteiger partial charge in [-0.1, -0.05) is 12.1 Å². The standard InChI is InChI=1S/C16H17N3OS/c1-20-12-6-2-10(3-7-12)9-19-16-14(11-4-5-11)15(18)13(8-17)21-16/h2-3,6-7,11,19H,4-5,9,18H2,1H3. The van der Waals surface area contributed by atoms with Gasteiger partial charge in [0, 0.05) is 12.1 Å². The molecule has 0 saturated heterocycles. The van der Waals surface area contributed by atoms with Crippen molar-refractivity contribution in [3.8, 4) is 11.8 Å². The van der Waals surface area contributed by atoms with Gasteiger partial charge in [-0.3, -0.25) is 0 Å². The summed E-state index contributed by atoms with van der Waals surface area (Å²) in [5.74, 6) is 1.38. The molecule has 1 aliphatic rings. The Morgan fingerprint density at radius 1 is 1.38 bits per heavy atom. The Bertz CT molecular complexity index is 681. The van der Waals surface area contributed by atoms with Crippen LogP contribution < -0.4 is 15.8 Å². The van der Waals surface area contributed by atoms with Crippen LogP contribution in [0.1, 0.15) is 34.8 Å². The Morgan fingerprint density at radius 2 is 2.10 bits per heavy atom. The molecule has 3 N–H and O–H groups in total. The normalized spacial score (nSPS) is 13.7. The lowest BCUT2D eigenvalue weighted by atomic mass is 10.1. The Balaban J connectivity index is 1.76. The number of nitrogens with two attached hydrogens (primary N) is 1. The van der Waals surface area contributed by atoms with Crippen LogP contribution in [0.3, 0.4) is 0 Å². The van der Waals surface area contributed by atoms with Crippen molar-refractivity contribution < 1.29 is 4.74 Å². The van der Waals surface area contributed by atoms with E-state index < -0.39 is 0 Å². The molecule has 2 aromatic rings. The molecule has 1 aromatic heterocycles. The van der Waals surface area contributed by atoms with Crippen LogP contribution in [-0.4, -0.2) is 7.11 Å². The van der Waals surface area contributed by atoms with Crippen LogP contribution in [0, 0.1) is 11.3 Å². The van der Waals surface area contributed by atoms with Crippen LogP contribution in [0.5, 0.6) is 5.75 Å². The summed E-state index contributed by atoms with van der Waals surface area (Å²) >= 11 is 1.46. The predicted octanol–water partition coefficient (Wildman–Crippen LogP) is 3.70. The highest BCUT2D eigenvalue weighted by molar-refractivity contribution is 7.17. The number of hydrogen-bond acceptors (Lipinski definition) is 5. The zero-order chi connectivity index (χ0) is 14.8. The number of thiophene rings is 1. The molecule has 1 saturated carbocycles. The summed E-state index contributed by atoms with van der Waals surface area (Å²) in [5.41, 5.74) is 9.08. The maximum absolute atomic E-state index is 9.14. The van der Waals surface area contributed by atoms with Gasteiger partial charge in [0.25, 0.3) is 0 Å². The molecule has 0 unspecified atom stereocenters. The predicted molar refractivity (Wildman–Crippen MR) is 85.7 cm³/mol. The van der Waals surface area contributed by atoms with Gasteiger partial charge in [-0.25, -0.2) is 0 Å². The molecule has 1 aromatic carbocycles. The third-order valence-electron chi connectivity index (χ3n) is 3.68. The minimum atomic E-state index is 0.529. The SMILES string of the molecule is COc1ccc(CNc2sc(C#N)c(N)c2C2CC2)cc1. The van der Waals surface area contributed by atoms with Gasteiger partial charge in [0.15, 0.2) is 0 Å². The van der Waals surface area contributed by atoms with Crippen LogP contribution in [0.4, 0.5) is 10.7 Å². The van der Waals surface area contributed by atoms with Crippen molar-refractivity contribution in [3.05, 3.63) is 40.3 Å². The summed E-state index contributed by atoms with van der Waals surface area (Å²) in [4.78, 5) is 0.620. The van der Waals surface area contributed by atoms with E-state index >= 15 is 0 Å². The number of nitrogens with one attached hydrogen (secondary N) is 1. The Kier molecular flexibility index (Phi) is 3.72. The van der Waals surface area contributed by atoms with E-state index in [2.05, 4.69) is 11.4 Å². The average molecular weight is 299 g/mol. The summed E-state index contributed by atoms with van der Waals surface area (Å²) in [6, 6.07) is 10.1. The molecule has 4 nitrogen and oxygen atoms in total. The molecule has 108 valence electrons. The minimum absolute atomic E-state index is 0.529. The first-order valence-corrected chi connectivity index (χ1v) is 7.73. The highest BCUT2D eigenvalue weighted by Crippen LogP contribution is 2.50. The van der Waals surface area contributed by atoms with Crippen molar-refractivity contribution in [2.75, 3.05) is 18.2 Å². The van der Waals surface area contributed by atoms with Gasteiger partial charge < -0.3 is 15.8 Å². The number of ether oxygens (including phenoxy) is 1. The first-order valence-electron chi connectivity index (χ1n) is 6.92. The van der Waals surface area contributed by atoms with E-state index in [4.69, 9.17) is 15.7 Å². The van der Waals surface area contributed by atoms with E-state index in [1.165, 1.54) is 29.7 Å². The maximum Gasteiger partial charge on any atom is 0.130 e. The number of nitriles is 1. The fourth-order valence-electron chi connectivity index (χ4n) is 2.37. The maximum atomic E-state index is 9.14. The number of nitrogens with zero attached hydrogens (tertiary/aromatic N) is 1. The summed E-state index contributed by atoms with van der Waals surface area (Å²) in [5, 5.41) is 13.6. The second kappa shape index (κ2) is 5.66. The summed E-state index contributed by atoms with van der Waals surface area (Å²) in [6.45, 7) is 0.717. The topological polar surface area (TPSA) is 71.1 Å². The Hall–Kier alpha value is -2.19. The fraction of sp³-hybridized carbons (Fsp3) is 0.312. The molecule has 1 heterocycles. The number of benzene rings is 1. The van der Waals surface area contributed by atoms with Gasteiger partial charge in [0.05, 0.1) is 17.8 Å². The number of methoxy groups -OCH3 is 1. The van der Waals surface area contributed by atoms with Crippen molar-refractivity contribution in [1.82, 2.24) is 0 Å². The first kappa shape index (κ1) is 13.8. The number of anilines is 2. The molecule has 0 spiro atoms. The first-order chi connectivity index (χ1) is 10.2. The zero-order valence-electron chi connectivity index (χ0n) is 11.8. The van der Waals surface area contributed by atoms with Crippen molar-refractivity contribution in [1.29, 1.82) is 5.26 Å². The van der Waals surface area contributed by atoms with E-state index in [0.29, 0.717) is 23.0 Å². The van der Waals surface area contributed by atoms with Crippen molar-refractivity contribution in [3.63, 3.8) is 0 Å². The lowest BCUT2D eigenvalue weighted by Gasteiger charge is -2.08. The highest BCUT2D eigenvalue weighted by atomic mass is 32.1. The lowest BCUT2D eigenvalue weighted by Crippen LogP contribution is -2.00. The summed E-state index contributed by atoms with van der Waals surface area (Å²) in [6.07, 6.45) is 2.34. The van der Waals surface area contributed by atoms with E-state index in [1.807, 2.05) is 24.3 Å². The summed E-state index contributed by atoms with van der Waals surface area (Å²) < 4.78 is 5.15. The molecule has 0 radical (unpaired) electrons. The molecule has 21 heavy (non-hydrogen) atoms. The van der Waals surface area contributed by atoms with E-state index in [9.17, 15) is 0 Å². The zero-order valence-corrected chi connectivity index (χ0v) is 12.7. The van der Waals surface area contributed by atoms with Crippen LogP contribution in [0.2, 0.25) is 0 Å². The van der Waals surface area contributed by atoms with Crippen molar-refractivity contribution in [2.24, 2.45) is 0 Å². The number of hydrogen-bond donors (Lipinski definition) is 2. The fourth-order valence-corrected chi connectivity index (χ4v) is 3.37. The van der Waals surface area contributed by atoms with Gasteiger partial charge in [0.2, 0.25) is 0 Å². The number of nitrogen functional groups attached to an aromatic ring is 1. The average Bonchev–Trinajstić information content (AvgIpc) is 3.30. The van der Waals surface area contributed by atoms with Crippen LogP contribution in [-0.2, 0) is 6.54 Å². The Morgan fingerprint density at radius 3 is 2.67 bits per heavy atom. The van der Waals surface area contributed by atoms with E-state index in [0.717, 1.165) is 16.3 Å². The van der Waals surface area contributed by atoms with Gasteiger partial charge in [-0.15, -0.1) is 11.3 Å². The molecular weight excluding hydrogens is 282 g/mol. The molecule has 3 rings (SSSR count). The van der Waals surface area contributed by atoms with Gasteiger partial charge >= 0.3 is 0 Å². The highest BCUT2D eigenvalue weighted by Gasteiger charge is 2.31. The minimum Gasteiger partial charge on any atom is -0.497 e. The second-order valence-corrected chi connectivity index (χ2v) is 6.20. The Labute approximate surface area is 128 Å². The van der Waals surface area contributed by atoms with Crippen LogP contribution in [0.15, 0.2) is 24.3 Å². The van der Waals surface area contributed by atoms with E-state index in [-0.39, 0.29) is 0 Å². The third kappa shape index (κ3) is 2.81. The van der Waals surface area contributed by atoms with Crippen molar-refractivity contribution >= 4 is 22.0 Å². The molecule has 0 aliphatic heterocycles. The molecule has 0 amide bonds. The summed E-state index contributed by atoms with van der Waals surface area (Å²) in [7, 11) is 1.66. The second-order valence-electron chi connectivity index (χ2n) is 5.18. The monoisotopic (exact) mass is 299 g/mol. The largest absolute Gasteiger partial charge is 0.497 e. The molecule has 1 aliphatic carbocycles. The number of rotatable bonds is 5. The molecular formula is C16H17N3OS. The van der Waals surface area contributed by atoms with Gasteiger partial charge in [0.1, 0.15) is 16.7 Å². The third-order valence-corrected chi connectivity index (χ3v) is 4.77. The van der Waals surface area contributed by atoms with E-state index in [1.54, 1.807) is 7.11 Å². The molecule has 0 bridgehead atoms. The van der Waals surface area contributed by atoms with Crippen LogP contribution in [0.25, 0.3) is 0 Å². The van der Waals surface area contributed by atoms with Crippen LogP contribution >= 0.6 is 11.3 Å². The smallest absolute Gasteiger partial charge is 0.130 e. The lowest BCUT2D eigenvalue weighted by molar-refractivity contribution is 0.414. The molecule has 0 atom stereocenters. The molecule has 1 fully saturated rings. The van der Waals surface area contributed by atoms with Gasteiger partial charge in [-0.05, 0) is 36.5 Å². The van der Waals surface area contributed by atoms with Crippen molar-refractivity contribution in [2.45, 2.75) is 25.3 Å². The van der Waals surface area contributed by atoms with Gasteiger partial charge in [-0.2, -0.15) is 5.26 Å². The quantitative estimate of drug-likeness (QED) is 0.883.